The minimum absolute atomic E-state index is 0.374. The zero-order valence-corrected chi connectivity index (χ0v) is 17.6. The van der Waals surface area contributed by atoms with Gasteiger partial charge in [0.05, 0.1) is 6.04 Å². The zero-order chi connectivity index (χ0) is 21.5. The Balaban J connectivity index is 1.91. The molecule has 150 valence electrons. The molecule has 6 heteroatoms. The Morgan fingerprint density at radius 2 is 1.53 bits per heavy atom. The van der Waals surface area contributed by atoms with E-state index in [1.54, 1.807) is 84.6 Å². The molecule has 4 rings (SSSR count). The molecule has 0 saturated carbocycles. The van der Waals surface area contributed by atoms with Gasteiger partial charge >= 0.3 is 6.03 Å². The van der Waals surface area contributed by atoms with Crippen molar-refractivity contribution in [3.8, 4) is 12.3 Å². The molecule has 1 heterocycles. The summed E-state index contributed by atoms with van der Waals surface area (Å²) in [5.74, 6) is 2.59. The maximum absolute atomic E-state index is 13.6. The average Bonchev–Trinajstić information content (AvgIpc) is 2.96. The molecule has 0 spiro atoms. The van der Waals surface area contributed by atoms with Gasteiger partial charge in [0.1, 0.15) is 0 Å². The first-order chi connectivity index (χ1) is 14.4. The average molecular weight is 437 g/mol. The lowest BCUT2D eigenvalue weighted by molar-refractivity contribution is 0.0372. The number of hydrogen-bond donors (Lipinski definition) is 1. The summed E-state index contributed by atoms with van der Waals surface area (Å²) in [7, 11) is 0. The van der Waals surface area contributed by atoms with Crippen molar-refractivity contribution < 1.29 is 9.90 Å². The summed E-state index contributed by atoms with van der Waals surface area (Å²) < 4.78 is 0. The van der Waals surface area contributed by atoms with E-state index in [1.165, 1.54) is 4.90 Å². The van der Waals surface area contributed by atoms with E-state index in [-0.39, 0.29) is 6.03 Å². The van der Waals surface area contributed by atoms with Gasteiger partial charge in [0.25, 0.3) is 0 Å². The minimum atomic E-state index is -1.67. The molecular formula is C24H18Cl2N2O2. The smallest absolute Gasteiger partial charge is 0.332 e. The van der Waals surface area contributed by atoms with Gasteiger partial charge in [-0.25, -0.2) is 4.79 Å². The Labute approximate surface area is 185 Å². The first-order valence-electron chi connectivity index (χ1n) is 9.30. The van der Waals surface area contributed by atoms with Crippen LogP contribution in [0.3, 0.4) is 0 Å². The Hall–Kier alpha value is -2.97. The van der Waals surface area contributed by atoms with E-state index >= 15 is 0 Å². The molecule has 0 radical (unpaired) electrons. The molecule has 1 aliphatic rings. The largest absolute Gasteiger partial charge is 0.365 e. The van der Waals surface area contributed by atoms with Crippen molar-refractivity contribution in [2.24, 2.45) is 0 Å². The number of carbonyl (C=O) groups is 1. The second-order valence-electron chi connectivity index (χ2n) is 7.07. The number of hydrogen-bond acceptors (Lipinski definition) is 2. The number of nitrogens with zero attached hydrogens (tertiary/aromatic N) is 2. The summed E-state index contributed by atoms with van der Waals surface area (Å²) in [5.41, 5.74) is 0.602. The number of benzene rings is 3. The Morgan fingerprint density at radius 3 is 2.10 bits per heavy atom. The highest BCUT2D eigenvalue weighted by Gasteiger charge is 2.56. The Morgan fingerprint density at radius 1 is 0.967 bits per heavy atom. The van der Waals surface area contributed by atoms with Crippen LogP contribution in [-0.2, 0) is 5.72 Å². The Kier molecular flexibility index (Phi) is 5.21. The third-order valence-corrected chi connectivity index (χ3v) is 5.86. The number of anilines is 2. The molecule has 1 aliphatic heterocycles. The number of urea groups is 1. The van der Waals surface area contributed by atoms with Crippen molar-refractivity contribution in [1.82, 2.24) is 0 Å². The highest BCUT2D eigenvalue weighted by atomic mass is 35.5. The van der Waals surface area contributed by atoms with E-state index in [2.05, 4.69) is 5.92 Å². The number of terminal acetylenes is 1. The molecule has 3 aromatic carbocycles. The van der Waals surface area contributed by atoms with Gasteiger partial charge < -0.3 is 5.11 Å². The monoisotopic (exact) mass is 436 g/mol. The molecule has 2 atom stereocenters. The number of halogens is 2. The van der Waals surface area contributed by atoms with Crippen molar-refractivity contribution in [3.05, 3.63) is 94.0 Å². The maximum atomic E-state index is 13.6. The van der Waals surface area contributed by atoms with Crippen LogP contribution in [0, 0.1) is 12.3 Å². The fourth-order valence-corrected chi connectivity index (χ4v) is 4.08. The summed E-state index contributed by atoms with van der Waals surface area (Å²) >= 11 is 12.1. The third kappa shape index (κ3) is 3.22. The van der Waals surface area contributed by atoms with Crippen molar-refractivity contribution in [2.75, 3.05) is 9.80 Å². The second-order valence-corrected chi connectivity index (χ2v) is 7.94. The standard InChI is InChI=1S/C24H18Cl2N2O2/c1-3-17-5-4-6-18(15-17)24(30)16(2)27(21-11-7-19(25)8-12-21)23(29)28(24)22-13-9-20(26)10-14-22/h1,4-16,30H,2H3/t16-,24?/m0/s1. The van der Waals surface area contributed by atoms with E-state index in [0.29, 0.717) is 32.5 Å². The van der Waals surface area contributed by atoms with E-state index in [4.69, 9.17) is 29.6 Å². The van der Waals surface area contributed by atoms with Crippen LogP contribution in [0.15, 0.2) is 72.8 Å². The summed E-state index contributed by atoms with van der Waals surface area (Å²) in [6.07, 6.45) is 5.57. The number of rotatable bonds is 3. The molecule has 1 unspecified atom stereocenters. The van der Waals surface area contributed by atoms with E-state index in [0.717, 1.165) is 0 Å². The number of aliphatic hydroxyl groups is 1. The predicted octanol–water partition coefficient (Wildman–Crippen LogP) is 5.66. The molecule has 1 fully saturated rings. The van der Waals surface area contributed by atoms with Crippen LogP contribution < -0.4 is 9.80 Å². The van der Waals surface area contributed by atoms with Crippen LogP contribution in [-0.4, -0.2) is 17.2 Å². The molecule has 4 nitrogen and oxygen atoms in total. The predicted molar refractivity (Wildman–Crippen MR) is 121 cm³/mol. The van der Waals surface area contributed by atoms with Gasteiger partial charge in [0.2, 0.25) is 0 Å². The first kappa shape index (κ1) is 20.3. The quantitative estimate of drug-likeness (QED) is 0.538. The van der Waals surface area contributed by atoms with Gasteiger partial charge in [-0.15, -0.1) is 6.42 Å². The number of amides is 2. The van der Waals surface area contributed by atoms with E-state index in [9.17, 15) is 9.90 Å². The van der Waals surface area contributed by atoms with E-state index < -0.39 is 11.8 Å². The fraction of sp³-hybridized carbons (Fsp3) is 0.125. The Bertz CT molecular complexity index is 1140. The van der Waals surface area contributed by atoms with Crippen molar-refractivity contribution in [3.63, 3.8) is 0 Å². The lowest BCUT2D eigenvalue weighted by atomic mass is 9.93. The van der Waals surface area contributed by atoms with Crippen molar-refractivity contribution in [2.45, 2.75) is 18.7 Å². The molecule has 0 bridgehead atoms. The molecule has 0 aliphatic carbocycles. The van der Waals surface area contributed by atoms with Gasteiger partial charge in [0, 0.05) is 32.5 Å². The molecule has 0 aromatic heterocycles. The fourth-order valence-electron chi connectivity index (χ4n) is 3.83. The SMILES string of the molecule is C#Cc1cccc(C2(O)[C@H](C)N(c3ccc(Cl)cc3)C(=O)N2c2ccc(Cl)cc2)c1. The minimum Gasteiger partial charge on any atom is -0.365 e. The first-order valence-corrected chi connectivity index (χ1v) is 10.1. The lowest BCUT2D eigenvalue weighted by Gasteiger charge is -2.35. The second kappa shape index (κ2) is 7.70. The summed E-state index contributed by atoms with van der Waals surface area (Å²) in [4.78, 5) is 16.5. The summed E-state index contributed by atoms with van der Waals surface area (Å²) in [5, 5.41) is 13.1. The maximum Gasteiger partial charge on any atom is 0.332 e. The van der Waals surface area contributed by atoms with Gasteiger partial charge in [0.15, 0.2) is 5.72 Å². The zero-order valence-electron chi connectivity index (χ0n) is 16.1. The lowest BCUT2D eigenvalue weighted by Crippen LogP contribution is -2.48. The van der Waals surface area contributed by atoms with E-state index in [1.807, 2.05) is 0 Å². The molecule has 3 aromatic rings. The third-order valence-electron chi connectivity index (χ3n) is 5.35. The molecule has 2 amide bonds. The van der Waals surface area contributed by atoms with Crippen LogP contribution in [0.5, 0.6) is 0 Å². The number of carbonyl (C=O) groups excluding carboxylic acids is 1. The van der Waals surface area contributed by atoms with Crippen molar-refractivity contribution in [1.29, 1.82) is 0 Å². The van der Waals surface area contributed by atoms with Crippen LogP contribution in [0.2, 0.25) is 10.0 Å². The summed E-state index contributed by atoms with van der Waals surface area (Å²) in [6, 6.07) is 19.7. The highest BCUT2D eigenvalue weighted by Crippen LogP contribution is 2.44. The molecule has 1 saturated heterocycles. The van der Waals surface area contributed by atoms with Gasteiger partial charge in [-0.3, -0.25) is 9.80 Å². The molecule has 1 N–H and O–H groups in total. The van der Waals surface area contributed by atoms with Crippen LogP contribution >= 0.6 is 23.2 Å². The van der Waals surface area contributed by atoms with Crippen molar-refractivity contribution >= 4 is 40.6 Å². The normalized spacial score (nSPS) is 21.0. The summed E-state index contributed by atoms with van der Waals surface area (Å²) in [6.45, 7) is 1.80. The van der Waals surface area contributed by atoms with Gasteiger partial charge in [-0.05, 0) is 67.6 Å². The van der Waals surface area contributed by atoms with Gasteiger partial charge in [-0.2, -0.15) is 0 Å². The molecule has 30 heavy (non-hydrogen) atoms. The van der Waals surface area contributed by atoms with Crippen LogP contribution in [0.25, 0.3) is 0 Å². The highest BCUT2D eigenvalue weighted by molar-refractivity contribution is 6.31. The topological polar surface area (TPSA) is 43.8 Å². The van der Waals surface area contributed by atoms with Crippen LogP contribution in [0.1, 0.15) is 18.1 Å². The van der Waals surface area contributed by atoms with Crippen LogP contribution in [0.4, 0.5) is 16.2 Å². The van der Waals surface area contributed by atoms with Gasteiger partial charge in [-0.1, -0.05) is 41.3 Å². The molecular weight excluding hydrogens is 419 g/mol.